The summed E-state index contributed by atoms with van der Waals surface area (Å²) in [7, 11) is 1.78. The van der Waals surface area contributed by atoms with Crippen LogP contribution < -0.4 is 5.73 Å². The van der Waals surface area contributed by atoms with Crippen LogP contribution in [0.5, 0.6) is 0 Å². The molecule has 26 heavy (non-hydrogen) atoms. The van der Waals surface area contributed by atoms with Gasteiger partial charge < -0.3 is 15.4 Å². The molecule has 136 valence electrons. The van der Waals surface area contributed by atoms with Crippen molar-refractivity contribution in [2.45, 2.75) is 32.3 Å². The monoisotopic (exact) mass is 355 g/mol. The van der Waals surface area contributed by atoms with E-state index in [1.807, 2.05) is 26.0 Å². The average Bonchev–Trinajstić information content (AvgIpc) is 2.97. The highest BCUT2D eigenvalue weighted by molar-refractivity contribution is 5.85. The van der Waals surface area contributed by atoms with Gasteiger partial charge in [0, 0.05) is 19.0 Å². The van der Waals surface area contributed by atoms with E-state index in [0.717, 1.165) is 0 Å². The first-order chi connectivity index (χ1) is 12.4. The lowest BCUT2D eigenvalue weighted by atomic mass is 9.95. The maximum atomic E-state index is 13.6. The Hall–Kier alpha value is -2.80. The van der Waals surface area contributed by atoms with Crippen molar-refractivity contribution < 1.29 is 9.50 Å². The minimum atomic E-state index is -1.21. The summed E-state index contributed by atoms with van der Waals surface area (Å²) in [6.45, 7) is 3.76. The molecule has 1 atom stereocenters. The van der Waals surface area contributed by atoms with Crippen LogP contribution in [0.3, 0.4) is 0 Å². The predicted octanol–water partition coefficient (Wildman–Crippen LogP) is 3.32. The highest BCUT2D eigenvalue weighted by atomic mass is 19.1. The molecule has 3 rings (SSSR count). The standard InChI is InChI=1S/C19H22FN5O/c1-4-6-10-19(26,5-2)18-23-15(21)14-17(24-18)25(3)16(22-14)12-8-7-9-13(20)11-12/h4,6-9,11,26H,5,10H2,1-3H3,(H2,21,23,24). The van der Waals surface area contributed by atoms with Gasteiger partial charge in [-0.25, -0.2) is 19.3 Å². The fourth-order valence-corrected chi connectivity index (χ4v) is 2.88. The maximum Gasteiger partial charge on any atom is 0.166 e. The smallest absolute Gasteiger partial charge is 0.166 e. The summed E-state index contributed by atoms with van der Waals surface area (Å²) in [4.78, 5) is 13.3. The zero-order chi connectivity index (χ0) is 18.9. The lowest BCUT2D eigenvalue weighted by Crippen LogP contribution is -2.27. The predicted molar refractivity (Wildman–Crippen MR) is 99.7 cm³/mol. The second-order valence-electron chi connectivity index (χ2n) is 6.27. The molecule has 7 heteroatoms. The lowest BCUT2D eigenvalue weighted by Gasteiger charge is -2.23. The van der Waals surface area contributed by atoms with Crippen molar-refractivity contribution >= 4 is 17.0 Å². The fraction of sp³-hybridized carbons (Fsp3) is 0.316. The van der Waals surface area contributed by atoms with Crippen molar-refractivity contribution in [1.29, 1.82) is 0 Å². The second-order valence-corrected chi connectivity index (χ2v) is 6.27. The van der Waals surface area contributed by atoms with E-state index in [1.165, 1.54) is 12.1 Å². The molecular weight excluding hydrogens is 333 g/mol. The summed E-state index contributed by atoms with van der Waals surface area (Å²) in [6.07, 6.45) is 4.57. The molecule has 0 aliphatic heterocycles. The van der Waals surface area contributed by atoms with Crippen LogP contribution in [0.4, 0.5) is 10.2 Å². The molecule has 0 amide bonds. The molecule has 2 aromatic heterocycles. The van der Waals surface area contributed by atoms with Crippen LogP contribution in [-0.4, -0.2) is 24.6 Å². The molecule has 0 bridgehead atoms. The van der Waals surface area contributed by atoms with E-state index in [1.54, 1.807) is 23.7 Å². The van der Waals surface area contributed by atoms with Crippen molar-refractivity contribution in [1.82, 2.24) is 19.5 Å². The molecule has 3 N–H and O–H groups in total. The summed E-state index contributed by atoms with van der Waals surface area (Å²) in [5.41, 5.74) is 6.43. The first-order valence-electron chi connectivity index (χ1n) is 8.49. The number of nitrogen functional groups attached to an aromatic ring is 1. The number of allylic oxidation sites excluding steroid dienone is 1. The molecule has 1 aromatic carbocycles. The Morgan fingerprint density at radius 1 is 1.31 bits per heavy atom. The number of benzene rings is 1. The van der Waals surface area contributed by atoms with Gasteiger partial charge in [-0.3, -0.25) is 0 Å². The Labute approximate surface area is 151 Å². The highest BCUT2D eigenvalue weighted by Gasteiger charge is 2.31. The van der Waals surface area contributed by atoms with E-state index in [4.69, 9.17) is 5.73 Å². The molecule has 0 spiro atoms. The van der Waals surface area contributed by atoms with Crippen molar-refractivity contribution in [2.24, 2.45) is 7.05 Å². The SMILES string of the molecule is CC=CCC(O)(CC)c1nc(N)c2nc(-c3cccc(F)c3)n(C)c2n1. The summed E-state index contributed by atoms with van der Waals surface area (Å²) >= 11 is 0. The zero-order valence-corrected chi connectivity index (χ0v) is 15.1. The minimum Gasteiger partial charge on any atom is -0.382 e. The summed E-state index contributed by atoms with van der Waals surface area (Å²) in [5, 5.41) is 10.9. The number of aryl methyl sites for hydroxylation is 1. The Morgan fingerprint density at radius 2 is 2.08 bits per heavy atom. The first kappa shape index (κ1) is 18.0. The molecule has 0 fully saturated rings. The Morgan fingerprint density at radius 3 is 2.73 bits per heavy atom. The van der Waals surface area contributed by atoms with Gasteiger partial charge >= 0.3 is 0 Å². The normalized spacial score (nSPS) is 14.2. The van der Waals surface area contributed by atoms with E-state index in [9.17, 15) is 9.50 Å². The third-order valence-corrected chi connectivity index (χ3v) is 4.52. The molecular formula is C19H22FN5O. The topological polar surface area (TPSA) is 89.9 Å². The molecule has 0 aliphatic rings. The van der Waals surface area contributed by atoms with Gasteiger partial charge in [0.1, 0.15) is 17.2 Å². The Bertz CT molecular complexity index is 981. The van der Waals surface area contributed by atoms with Crippen molar-refractivity contribution in [2.75, 3.05) is 5.73 Å². The van der Waals surface area contributed by atoms with Gasteiger partial charge in [-0.1, -0.05) is 31.2 Å². The van der Waals surface area contributed by atoms with E-state index in [-0.39, 0.29) is 17.5 Å². The maximum absolute atomic E-state index is 13.6. The van der Waals surface area contributed by atoms with Gasteiger partial charge in [0.05, 0.1) is 0 Å². The minimum absolute atomic E-state index is 0.190. The molecule has 0 saturated carbocycles. The first-order valence-corrected chi connectivity index (χ1v) is 8.49. The van der Waals surface area contributed by atoms with Gasteiger partial charge in [0.2, 0.25) is 0 Å². The molecule has 0 radical (unpaired) electrons. The molecule has 2 heterocycles. The molecule has 3 aromatic rings. The van der Waals surface area contributed by atoms with Crippen LogP contribution >= 0.6 is 0 Å². The van der Waals surface area contributed by atoms with E-state index >= 15 is 0 Å². The summed E-state index contributed by atoms with van der Waals surface area (Å²) < 4.78 is 15.3. The van der Waals surface area contributed by atoms with Crippen LogP contribution in [0.25, 0.3) is 22.6 Å². The van der Waals surface area contributed by atoms with E-state index in [2.05, 4.69) is 15.0 Å². The third-order valence-electron chi connectivity index (χ3n) is 4.52. The van der Waals surface area contributed by atoms with Gasteiger partial charge in [0.25, 0.3) is 0 Å². The number of rotatable bonds is 5. The number of fused-ring (bicyclic) bond motifs is 1. The van der Waals surface area contributed by atoms with Gasteiger partial charge in [-0.2, -0.15) is 0 Å². The second kappa shape index (κ2) is 6.84. The molecule has 0 saturated heterocycles. The van der Waals surface area contributed by atoms with Gasteiger partial charge in [-0.15, -0.1) is 0 Å². The van der Waals surface area contributed by atoms with Gasteiger partial charge in [0.15, 0.2) is 22.8 Å². The van der Waals surface area contributed by atoms with Crippen LogP contribution in [0, 0.1) is 5.82 Å². The molecule has 6 nitrogen and oxygen atoms in total. The number of hydrogen-bond donors (Lipinski definition) is 2. The van der Waals surface area contributed by atoms with Gasteiger partial charge in [-0.05, 0) is 25.5 Å². The van der Waals surface area contributed by atoms with E-state index in [0.29, 0.717) is 35.4 Å². The van der Waals surface area contributed by atoms with Crippen LogP contribution in [0.1, 0.15) is 32.5 Å². The molecule has 0 aliphatic carbocycles. The quantitative estimate of drug-likeness (QED) is 0.685. The Kier molecular flexibility index (Phi) is 4.73. The van der Waals surface area contributed by atoms with E-state index < -0.39 is 5.60 Å². The lowest BCUT2D eigenvalue weighted by molar-refractivity contribution is 0.0267. The number of hydrogen-bond acceptors (Lipinski definition) is 5. The average molecular weight is 355 g/mol. The van der Waals surface area contributed by atoms with Crippen molar-refractivity contribution in [3.8, 4) is 11.4 Å². The largest absolute Gasteiger partial charge is 0.382 e. The van der Waals surface area contributed by atoms with Crippen LogP contribution in [0.2, 0.25) is 0 Å². The highest BCUT2D eigenvalue weighted by Crippen LogP contribution is 2.31. The number of imidazole rings is 1. The molecule has 1 unspecified atom stereocenters. The fourth-order valence-electron chi connectivity index (χ4n) is 2.88. The number of nitrogens with two attached hydrogens (primary N) is 1. The zero-order valence-electron chi connectivity index (χ0n) is 15.1. The number of aliphatic hydroxyl groups is 1. The van der Waals surface area contributed by atoms with Crippen molar-refractivity contribution in [3.05, 3.63) is 48.1 Å². The number of aromatic nitrogens is 4. The summed E-state index contributed by atoms with van der Waals surface area (Å²) in [5.74, 6) is 0.639. The summed E-state index contributed by atoms with van der Waals surface area (Å²) in [6, 6.07) is 6.17. The van der Waals surface area contributed by atoms with Crippen LogP contribution in [-0.2, 0) is 12.6 Å². The number of halogens is 1. The van der Waals surface area contributed by atoms with Crippen molar-refractivity contribution in [3.63, 3.8) is 0 Å². The number of nitrogens with zero attached hydrogens (tertiary/aromatic N) is 4. The van der Waals surface area contributed by atoms with Crippen LogP contribution in [0.15, 0.2) is 36.4 Å². The third kappa shape index (κ3) is 3.06. The Balaban J connectivity index is 2.18. The number of anilines is 1.